The molecule has 1 fully saturated rings. The number of nitrogens with zero attached hydrogens (tertiary/aromatic N) is 2. The van der Waals surface area contributed by atoms with Crippen molar-refractivity contribution < 1.29 is 14.3 Å². The highest BCUT2D eigenvalue weighted by Crippen LogP contribution is 2.27. The fourth-order valence-electron chi connectivity index (χ4n) is 2.86. The van der Waals surface area contributed by atoms with Gasteiger partial charge in [-0.1, -0.05) is 23.7 Å². The summed E-state index contributed by atoms with van der Waals surface area (Å²) >= 11 is 7.84. The van der Waals surface area contributed by atoms with Crippen LogP contribution in [0, 0.1) is 6.92 Å². The maximum Gasteiger partial charge on any atom is 0.257 e. The summed E-state index contributed by atoms with van der Waals surface area (Å²) in [6.07, 6.45) is 2.21. The van der Waals surface area contributed by atoms with Gasteiger partial charge in [-0.15, -0.1) is 11.3 Å². The Morgan fingerprint density at radius 3 is 3.00 bits per heavy atom. The first-order chi connectivity index (χ1) is 13.6. The van der Waals surface area contributed by atoms with Crippen LogP contribution in [0.15, 0.2) is 41.9 Å². The van der Waals surface area contributed by atoms with Gasteiger partial charge in [0.2, 0.25) is 5.88 Å². The summed E-state index contributed by atoms with van der Waals surface area (Å²) in [5, 5.41) is 6.16. The third-order valence-corrected chi connectivity index (χ3v) is 5.32. The second-order valence-corrected chi connectivity index (χ2v) is 7.87. The lowest BCUT2D eigenvalue weighted by atomic mass is 10.1. The first-order valence-electron chi connectivity index (χ1n) is 8.82. The average molecular weight is 416 g/mol. The molecule has 1 unspecified atom stereocenters. The Morgan fingerprint density at radius 1 is 1.39 bits per heavy atom. The standard InChI is InChI=1S/C20H18ClN3O3S/c1-12-23-18(11-28-12)13-3-2-4-15(7-13)24-19(25)14-8-17(21)20(22-9-14)27-16-5-6-26-10-16/h2-4,7-9,11,16H,5-6,10H2,1H3,(H,24,25). The summed E-state index contributed by atoms with van der Waals surface area (Å²) in [7, 11) is 0. The van der Waals surface area contributed by atoms with Crippen LogP contribution in [0.5, 0.6) is 5.88 Å². The molecule has 3 aromatic rings. The van der Waals surface area contributed by atoms with E-state index in [-0.39, 0.29) is 12.0 Å². The van der Waals surface area contributed by atoms with Gasteiger partial charge in [-0.3, -0.25) is 4.79 Å². The van der Waals surface area contributed by atoms with E-state index in [4.69, 9.17) is 21.1 Å². The number of benzene rings is 1. The molecule has 0 saturated carbocycles. The van der Waals surface area contributed by atoms with Crippen molar-refractivity contribution in [3.63, 3.8) is 0 Å². The molecular formula is C20H18ClN3O3S. The molecule has 144 valence electrons. The number of rotatable bonds is 5. The van der Waals surface area contributed by atoms with Gasteiger partial charge in [-0.2, -0.15) is 0 Å². The van der Waals surface area contributed by atoms with Crippen LogP contribution in [-0.2, 0) is 4.74 Å². The van der Waals surface area contributed by atoms with E-state index in [2.05, 4.69) is 15.3 Å². The van der Waals surface area contributed by atoms with Crippen molar-refractivity contribution in [3.8, 4) is 17.1 Å². The first-order valence-corrected chi connectivity index (χ1v) is 10.1. The van der Waals surface area contributed by atoms with Crippen LogP contribution in [0.2, 0.25) is 5.02 Å². The Morgan fingerprint density at radius 2 is 2.29 bits per heavy atom. The molecule has 8 heteroatoms. The van der Waals surface area contributed by atoms with E-state index >= 15 is 0 Å². The number of pyridine rings is 1. The number of amides is 1. The lowest BCUT2D eigenvalue weighted by Crippen LogP contribution is -2.17. The first kappa shape index (κ1) is 18.9. The number of hydrogen-bond acceptors (Lipinski definition) is 6. The lowest BCUT2D eigenvalue weighted by molar-refractivity contribution is 0.102. The van der Waals surface area contributed by atoms with Gasteiger partial charge in [0.1, 0.15) is 11.1 Å². The number of carbonyl (C=O) groups excluding carboxylic acids is 1. The number of aromatic nitrogens is 2. The Balaban J connectivity index is 1.47. The third-order valence-electron chi connectivity index (χ3n) is 4.27. The lowest BCUT2D eigenvalue weighted by Gasteiger charge is -2.13. The van der Waals surface area contributed by atoms with Crippen molar-refractivity contribution >= 4 is 34.5 Å². The van der Waals surface area contributed by atoms with Crippen molar-refractivity contribution in [2.24, 2.45) is 0 Å². The van der Waals surface area contributed by atoms with Crippen molar-refractivity contribution in [1.82, 2.24) is 9.97 Å². The molecule has 0 radical (unpaired) electrons. The molecule has 2 aromatic heterocycles. The minimum atomic E-state index is -0.295. The molecule has 3 heterocycles. The highest BCUT2D eigenvalue weighted by Gasteiger charge is 2.20. The summed E-state index contributed by atoms with van der Waals surface area (Å²) in [5.74, 6) is 0.0198. The number of carbonyl (C=O) groups is 1. The van der Waals surface area contributed by atoms with E-state index in [0.29, 0.717) is 35.4 Å². The molecule has 1 saturated heterocycles. The molecular weight excluding hydrogens is 398 g/mol. The summed E-state index contributed by atoms with van der Waals surface area (Å²) in [6.45, 7) is 3.15. The minimum Gasteiger partial charge on any atom is -0.471 e. The van der Waals surface area contributed by atoms with Crippen LogP contribution >= 0.6 is 22.9 Å². The zero-order valence-electron chi connectivity index (χ0n) is 15.1. The van der Waals surface area contributed by atoms with Crippen molar-refractivity contribution in [1.29, 1.82) is 0 Å². The van der Waals surface area contributed by atoms with Crippen LogP contribution in [0.25, 0.3) is 11.3 Å². The van der Waals surface area contributed by atoms with Crippen LogP contribution in [0.4, 0.5) is 5.69 Å². The van der Waals surface area contributed by atoms with E-state index in [1.165, 1.54) is 6.20 Å². The van der Waals surface area contributed by atoms with Crippen LogP contribution in [0.3, 0.4) is 0 Å². The number of halogens is 1. The Hall–Kier alpha value is -2.48. The normalized spacial score (nSPS) is 16.1. The highest BCUT2D eigenvalue weighted by molar-refractivity contribution is 7.09. The molecule has 28 heavy (non-hydrogen) atoms. The number of anilines is 1. The van der Waals surface area contributed by atoms with E-state index in [1.54, 1.807) is 17.4 Å². The largest absolute Gasteiger partial charge is 0.471 e. The topological polar surface area (TPSA) is 73.3 Å². The van der Waals surface area contributed by atoms with Gasteiger partial charge in [0.15, 0.2) is 0 Å². The maximum absolute atomic E-state index is 12.6. The second-order valence-electron chi connectivity index (χ2n) is 6.40. The SMILES string of the molecule is Cc1nc(-c2cccc(NC(=O)c3cnc(OC4CCOC4)c(Cl)c3)c2)cs1. The van der Waals surface area contributed by atoms with E-state index in [1.807, 2.05) is 36.6 Å². The molecule has 4 rings (SSSR count). The fourth-order valence-corrected chi connectivity index (χ4v) is 3.69. The zero-order valence-corrected chi connectivity index (χ0v) is 16.7. The fraction of sp³-hybridized carbons (Fsp3) is 0.250. The van der Waals surface area contributed by atoms with Gasteiger partial charge in [-0.25, -0.2) is 9.97 Å². The monoisotopic (exact) mass is 415 g/mol. The van der Waals surface area contributed by atoms with Gasteiger partial charge in [0, 0.05) is 29.2 Å². The third kappa shape index (κ3) is 4.32. The molecule has 0 aliphatic carbocycles. The average Bonchev–Trinajstić information content (AvgIpc) is 3.35. The number of ether oxygens (including phenoxy) is 2. The number of thiazole rings is 1. The van der Waals surface area contributed by atoms with Gasteiger partial charge in [0.25, 0.3) is 5.91 Å². The Labute approximate surface area is 171 Å². The molecule has 1 aliphatic rings. The number of hydrogen-bond donors (Lipinski definition) is 1. The molecule has 1 aromatic carbocycles. The summed E-state index contributed by atoms with van der Waals surface area (Å²) in [4.78, 5) is 21.3. The van der Waals surface area contributed by atoms with Gasteiger partial charge in [0.05, 0.1) is 29.5 Å². The van der Waals surface area contributed by atoms with Crippen molar-refractivity contribution in [2.45, 2.75) is 19.4 Å². The maximum atomic E-state index is 12.6. The zero-order chi connectivity index (χ0) is 19.5. The quantitative estimate of drug-likeness (QED) is 0.659. The van der Waals surface area contributed by atoms with E-state index < -0.39 is 0 Å². The predicted molar refractivity (Wildman–Crippen MR) is 109 cm³/mol. The van der Waals surface area contributed by atoms with Crippen molar-refractivity contribution in [2.75, 3.05) is 18.5 Å². The van der Waals surface area contributed by atoms with Gasteiger partial charge < -0.3 is 14.8 Å². The number of aryl methyl sites for hydroxylation is 1. The van der Waals surface area contributed by atoms with Crippen molar-refractivity contribution in [3.05, 3.63) is 57.5 Å². The van der Waals surface area contributed by atoms with Crippen LogP contribution in [-0.4, -0.2) is 35.2 Å². The Kier molecular flexibility index (Phi) is 5.57. The molecule has 1 N–H and O–H groups in total. The summed E-state index contributed by atoms with van der Waals surface area (Å²) < 4.78 is 11.0. The second kappa shape index (κ2) is 8.26. The van der Waals surface area contributed by atoms with E-state index in [9.17, 15) is 4.79 Å². The molecule has 0 bridgehead atoms. The van der Waals surface area contributed by atoms with Crippen LogP contribution in [0.1, 0.15) is 21.8 Å². The smallest absolute Gasteiger partial charge is 0.257 e. The summed E-state index contributed by atoms with van der Waals surface area (Å²) in [6, 6.07) is 9.11. The minimum absolute atomic E-state index is 0.0539. The number of nitrogens with one attached hydrogen (secondary N) is 1. The van der Waals surface area contributed by atoms with Crippen LogP contribution < -0.4 is 10.1 Å². The molecule has 6 nitrogen and oxygen atoms in total. The predicted octanol–water partition coefficient (Wildman–Crippen LogP) is 4.59. The molecule has 0 spiro atoms. The molecule has 1 aliphatic heterocycles. The van der Waals surface area contributed by atoms with Gasteiger partial charge in [-0.05, 0) is 25.1 Å². The molecule has 1 amide bonds. The van der Waals surface area contributed by atoms with Gasteiger partial charge >= 0.3 is 0 Å². The van der Waals surface area contributed by atoms with E-state index in [0.717, 1.165) is 22.7 Å². The molecule has 1 atom stereocenters. The summed E-state index contributed by atoms with van der Waals surface area (Å²) in [5.41, 5.74) is 2.86. The Bertz CT molecular complexity index is 1000. The highest BCUT2D eigenvalue weighted by atomic mass is 35.5.